The van der Waals surface area contributed by atoms with Crippen LogP contribution >= 0.6 is 0 Å². The fraction of sp³-hybridized carbons (Fsp3) is 0.400. The number of nitrogens with zero attached hydrogens (tertiary/aromatic N) is 2. The van der Waals surface area contributed by atoms with Crippen molar-refractivity contribution in [1.29, 1.82) is 0 Å². The number of carbonyl (C=O) groups is 1. The summed E-state index contributed by atoms with van der Waals surface area (Å²) in [4.78, 5) is 15.8. The quantitative estimate of drug-likeness (QED) is 0.715. The molecule has 148 valence electrons. The maximum atomic E-state index is 13.2. The SMILES string of the molecule is COC(=O)c1ccc(S(=O)(=O)N2C3CCC2CC(Oc2cccnc2)C3)cc1. The number of rotatable bonds is 5. The lowest BCUT2D eigenvalue weighted by molar-refractivity contribution is 0.0600. The minimum atomic E-state index is -3.63. The van der Waals surface area contributed by atoms with E-state index in [2.05, 4.69) is 9.72 Å². The topological polar surface area (TPSA) is 85.8 Å². The molecule has 2 unspecified atom stereocenters. The van der Waals surface area contributed by atoms with Crippen LogP contribution in [0, 0.1) is 0 Å². The van der Waals surface area contributed by atoms with E-state index in [4.69, 9.17) is 4.74 Å². The number of piperidine rings is 1. The van der Waals surface area contributed by atoms with Crippen LogP contribution in [0.3, 0.4) is 0 Å². The Hall–Kier alpha value is -2.45. The van der Waals surface area contributed by atoms with E-state index in [1.165, 1.54) is 31.4 Å². The molecule has 4 rings (SSSR count). The zero-order chi connectivity index (χ0) is 19.7. The van der Waals surface area contributed by atoms with Crippen molar-refractivity contribution in [3.05, 3.63) is 54.4 Å². The Morgan fingerprint density at radius 1 is 1.11 bits per heavy atom. The van der Waals surface area contributed by atoms with Crippen molar-refractivity contribution in [2.24, 2.45) is 0 Å². The molecule has 1 aromatic carbocycles. The van der Waals surface area contributed by atoms with Gasteiger partial charge in [-0.3, -0.25) is 4.98 Å². The van der Waals surface area contributed by atoms with Crippen molar-refractivity contribution in [3.8, 4) is 5.75 Å². The van der Waals surface area contributed by atoms with Gasteiger partial charge in [0.1, 0.15) is 11.9 Å². The van der Waals surface area contributed by atoms with E-state index in [9.17, 15) is 13.2 Å². The standard InChI is InChI=1S/C20H22N2O5S/c1-26-20(23)14-4-8-19(9-5-14)28(24,25)22-15-6-7-16(22)12-18(11-15)27-17-3-2-10-21-13-17/h2-5,8-10,13,15-16,18H,6-7,11-12H2,1H3. The molecule has 8 heteroatoms. The Morgan fingerprint density at radius 3 is 2.36 bits per heavy atom. The number of fused-ring (bicyclic) bond motifs is 2. The lowest BCUT2D eigenvalue weighted by atomic mass is 10.0. The molecule has 0 spiro atoms. The molecule has 2 saturated heterocycles. The highest BCUT2D eigenvalue weighted by Gasteiger charge is 2.47. The summed E-state index contributed by atoms with van der Waals surface area (Å²) in [5.74, 6) is 0.221. The number of aromatic nitrogens is 1. The molecule has 2 fully saturated rings. The van der Waals surface area contributed by atoms with Crippen LogP contribution in [0.2, 0.25) is 0 Å². The van der Waals surface area contributed by atoms with Gasteiger partial charge >= 0.3 is 5.97 Å². The molecule has 0 saturated carbocycles. The maximum Gasteiger partial charge on any atom is 0.337 e. The van der Waals surface area contributed by atoms with Crippen molar-refractivity contribution in [1.82, 2.24) is 9.29 Å². The van der Waals surface area contributed by atoms with Gasteiger partial charge in [-0.25, -0.2) is 13.2 Å². The number of methoxy groups -OCH3 is 1. The van der Waals surface area contributed by atoms with Crippen LogP contribution in [-0.2, 0) is 14.8 Å². The third-order valence-corrected chi connectivity index (χ3v) is 7.43. The van der Waals surface area contributed by atoms with Gasteiger partial charge in [0.2, 0.25) is 10.0 Å². The van der Waals surface area contributed by atoms with E-state index < -0.39 is 16.0 Å². The smallest absolute Gasteiger partial charge is 0.337 e. The third-order valence-electron chi connectivity index (χ3n) is 5.41. The van der Waals surface area contributed by atoms with E-state index in [0.29, 0.717) is 24.2 Å². The highest BCUT2D eigenvalue weighted by atomic mass is 32.2. The van der Waals surface area contributed by atoms with Gasteiger partial charge in [-0.1, -0.05) is 0 Å². The molecule has 0 radical (unpaired) electrons. The number of pyridine rings is 1. The van der Waals surface area contributed by atoms with Crippen molar-refractivity contribution < 1.29 is 22.7 Å². The lowest BCUT2D eigenvalue weighted by Crippen LogP contribution is -2.49. The van der Waals surface area contributed by atoms with Gasteiger partial charge in [0.15, 0.2) is 0 Å². The fourth-order valence-corrected chi connectivity index (χ4v) is 6.08. The Kier molecular flexibility index (Phi) is 5.07. The van der Waals surface area contributed by atoms with Crippen molar-refractivity contribution >= 4 is 16.0 Å². The number of esters is 1. The van der Waals surface area contributed by atoms with Crippen LogP contribution in [0.25, 0.3) is 0 Å². The fourth-order valence-electron chi connectivity index (χ4n) is 4.18. The molecule has 2 atom stereocenters. The van der Waals surface area contributed by atoms with Crippen LogP contribution in [0.1, 0.15) is 36.0 Å². The van der Waals surface area contributed by atoms with E-state index in [0.717, 1.165) is 12.8 Å². The van der Waals surface area contributed by atoms with Gasteiger partial charge in [0, 0.05) is 31.1 Å². The van der Waals surface area contributed by atoms with Gasteiger partial charge < -0.3 is 9.47 Å². The highest BCUT2D eigenvalue weighted by Crippen LogP contribution is 2.40. The average Bonchev–Trinajstić information content (AvgIpc) is 3.00. The minimum Gasteiger partial charge on any atom is -0.489 e. The predicted octanol–water partition coefficient (Wildman–Crippen LogP) is 2.63. The number of carbonyl (C=O) groups excluding carboxylic acids is 1. The first kappa shape index (κ1) is 18.9. The summed E-state index contributed by atoms with van der Waals surface area (Å²) in [5.41, 5.74) is 0.327. The van der Waals surface area contributed by atoms with Gasteiger partial charge in [-0.2, -0.15) is 4.31 Å². The molecule has 2 bridgehead atoms. The first-order chi connectivity index (χ1) is 13.5. The van der Waals surface area contributed by atoms with E-state index in [1.54, 1.807) is 16.7 Å². The van der Waals surface area contributed by atoms with Crippen LogP contribution in [0.5, 0.6) is 5.75 Å². The average molecular weight is 402 g/mol. The molecule has 28 heavy (non-hydrogen) atoms. The zero-order valence-corrected chi connectivity index (χ0v) is 16.3. The van der Waals surface area contributed by atoms with Crippen molar-refractivity contribution in [3.63, 3.8) is 0 Å². The Morgan fingerprint density at radius 2 is 1.79 bits per heavy atom. The number of ether oxygens (including phenoxy) is 2. The first-order valence-electron chi connectivity index (χ1n) is 9.27. The predicted molar refractivity (Wildman–Crippen MR) is 102 cm³/mol. The monoisotopic (exact) mass is 402 g/mol. The molecule has 0 N–H and O–H groups in total. The zero-order valence-electron chi connectivity index (χ0n) is 15.5. The highest BCUT2D eigenvalue weighted by molar-refractivity contribution is 7.89. The third kappa shape index (κ3) is 3.49. The number of hydrogen-bond donors (Lipinski definition) is 0. The number of benzene rings is 1. The van der Waals surface area contributed by atoms with E-state index in [-0.39, 0.29) is 23.1 Å². The molecule has 3 heterocycles. The van der Waals surface area contributed by atoms with Crippen LogP contribution in [0.15, 0.2) is 53.7 Å². The summed E-state index contributed by atoms with van der Waals surface area (Å²) < 4.78 is 38.8. The molecule has 0 aliphatic carbocycles. The summed E-state index contributed by atoms with van der Waals surface area (Å²) in [7, 11) is -2.34. The molecule has 7 nitrogen and oxygen atoms in total. The number of hydrogen-bond acceptors (Lipinski definition) is 6. The van der Waals surface area contributed by atoms with Crippen LogP contribution in [0.4, 0.5) is 0 Å². The minimum absolute atomic E-state index is 0.0187. The second-order valence-corrected chi connectivity index (χ2v) is 8.98. The van der Waals surface area contributed by atoms with Crippen molar-refractivity contribution in [2.45, 2.75) is 48.8 Å². The Bertz CT molecular complexity index is 932. The first-order valence-corrected chi connectivity index (χ1v) is 10.7. The summed E-state index contributed by atoms with van der Waals surface area (Å²) >= 11 is 0. The van der Waals surface area contributed by atoms with Gasteiger partial charge in [0.25, 0.3) is 0 Å². The van der Waals surface area contributed by atoms with Crippen LogP contribution in [-0.4, -0.2) is 49.0 Å². The maximum absolute atomic E-state index is 13.2. The Balaban J connectivity index is 1.51. The summed E-state index contributed by atoms with van der Waals surface area (Å²) in [6.07, 6.45) is 6.32. The second-order valence-electron chi connectivity index (χ2n) is 7.14. The summed E-state index contributed by atoms with van der Waals surface area (Å²) in [6, 6.07) is 9.44. The van der Waals surface area contributed by atoms with E-state index in [1.807, 2.05) is 12.1 Å². The summed E-state index contributed by atoms with van der Waals surface area (Å²) in [6.45, 7) is 0. The van der Waals surface area contributed by atoms with Crippen molar-refractivity contribution in [2.75, 3.05) is 7.11 Å². The van der Waals surface area contributed by atoms with Gasteiger partial charge in [-0.05, 0) is 49.2 Å². The Labute approximate surface area is 164 Å². The lowest BCUT2D eigenvalue weighted by Gasteiger charge is -2.37. The molecule has 0 amide bonds. The molecular formula is C20H22N2O5S. The molecule has 2 aliphatic heterocycles. The molecule has 2 aliphatic rings. The second kappa shape index (κ2) is 7.52. The van der Waals surface area contributed by atoms with Gasteiger partial charge in [0.05, 0.1) is 23.8 Å². The largest absolute Gasteiger partial charge is 0.489 e. The van der Waals surface area contributed by atoms with Crippen LogP contribution < -0.4 is 4.74 Å². The molecule has 2 aromatic rings. The molecular weight excluding hydrogens is 380 g/mol. The summed E-state index contributed by atoms with van der Waals surface area (Å²) in [5, 5.41) is 0. The molecule has 1 aromatic heterocycles. The van der Waals surface area contributed by atoms with E-state index >= 15 is 0 Å². The number of sulfonamides is 1. The normalized spacial score (nSPS) is 24.7. The van der Waals surface area contributed by atoms with Gasteiger partial charge in [-0.15, -0.1) is 0 Å².